The molecular formula is C14H15F2N3O2. The van der Waals surface area contributed by atoms with E-state index in [1.807, 2.05) is 0 Å². The van der Waals surface area contributed by atoms with Gasteiger partial charge >= 0.3 is 0 Å². The minimum atomic E-state index is -0.760. The number of rotatable bonds is 5. The van der Waals surface area contributed by atoms with Crippen molar-refractivity contribution in [3.8, 4) is 11.5 Å². The van der Waals surface area contributed by atoms with Crippen LogP contribution in [0.4, 0.5) is 8.78 Å². The summed E-state index contributed by atoms with van der Waals surface area (Å²) < 4.78 is 37.7. The number of nitrogens with two attached hydrogens (primary N) is 1. The smallest absolute Gasteiger partial charge is 0.263 e. The zero-order valence-corrected chi connectivity index (χ0v) is 11.3. The van der Waals surface area contributed by atoms with Crippen LogP contribution in [0.15, 0.2) is 22.7 Å². The van der Waals surface area contributed by atoms with Crippen LogP contribution in [0.25, 0.3) is 11.5 Å². The molecule has 1 aromatic heterocycles. The van der Waals surface area contributed by atoms with Crippen molar-refractivity contribution in [2.45, 2.75) is 31.4 Å². The maximum atomic E-state index is 13.6. The molecule has 2 aromatic rings. The summed E-state index contributed by atoms with van der Waals surface area (Å²) in [5.41, 5.74) is 5.55. The fourth-order valence-corrected chi connectivity index (χ4v) is 2.04. The fraction of sp³-hybridized carbons (Fsp3) is 0.429. The summed E-state index contributed by atoms with van der Waals surface area (Å²) in [6.45, 7) is 0.253. The topological polar surface area (TPSA) is 74.2 Å². The van der Waals surface area contributed by atoms with Crippen molar-refractivity contribution in [1.29, 1.82) is 0 Å². The summed E-state index contributed by atoms with van der Waals surface area (Å²) in [6.07, 6.45) is 3.47. The van der Waals surface area contributed by atoms with Gasteiger partial charge in [-0.3, -0.25) is 0 Å². The molecule has 7 heteroatoms. The van der Waals surface area contributed by atoms with Crippen LogP contribution in [0.5, 0.6) is 0 Å². The number of benzene rings is 1. The lowest BCUT2D eigenvalue weighted by atomic mass is 9.96. The van der Waals surface area contributed by atoms with Crippen LogP contribution in [0.1, 0.15) is 31.1 Å². The second-order valence-electron chi connectivity index (χ2n) is 5.05. The molecule has 0 saturated heterocycles. The van der Waals surface area contributed by atoms with Gasteiger partial charge in [0.2, 0.25) is 0 Å². The first kappa shape index (κ1) is 14.1. The van der Waals surface area contributed by atoms with Crippen molar-refractivity contribution >= 4 is 0 Å². The van der Waals surface area contributed by atoms with Gasteiger partial charge in [0, 0.05) is 0 Å². The van der Waals surface area contributed by atoms with Gasteiger partial charge in [-0.1, -0.05) is 11.2 Å². The molecule has 1 fully saturated rings. The van der Waals surface area contributed by atoms with Gasteiger partial charge in [-0.15, -0.1) is 0 Å². The largest absolute Gasteiger partial charge is 0.376 e. The number of hydrogen-bond donors (Lipinski definition) is 1. The van der Waals surface area contributed by atoms with Crippen LogP contribution in [-0.2, 0) is 4.74 Å². The Hall–Kier alpha value is -1.86. The molecule has 2 N–H and O–H groups in total. The monoisotopic (exact) mass is 295 g/mol. The average Bonchev–Trinajstić information content (AvgIpc) is 2.86. The second kappa shape index (κ2) is 5.87. The first-order valence-electron chi connectivity index (χ1n) is 6.80. The zero-order chi connectivity index (χ0) is 14.8. The number of hydrogen-bond acceptors (Lipinski definition) is 5. The Morgan fingerprint density at radius 3 is 2.67 bits per heavy atom. The normalized spacial score (nSPS) is 16.7. The molecule has 21 heavy (non-hydrogen) atoms. The summed E-state index contributed by atoms with van der Waals surface area (Å²) in [4.78, 5) is 3.96. The lowest BCUT2D eigenvalue weighted by Crippen LogP contribution is -2.27. The zero-order valence-electron chi connectivity index (χ0n) is 11.3. The van der Waals surface area contributed by atoms with E-state index in [4.69, 9.17) is 15.0 Å². The Labute approximate surface area is 120 Å². The summed E-state index contributed by atoms with van der Waals surface area (Å²) in [6, 6.07) is 2.94. The third kappa shape index (κ3) is 2.93. The fourth-order valence-electron chi connectivity index (χ4n) is 2.04. The van der Waals surface area contributed by atoms with Gasteiger partial charge in [-0.25, -0.2) is 8.78 Å². The predicted molar refractivity (Wildman–Crippen MR) is 70.2 cm³/mol. The maximum Gasteiger partial charge on any atom is 0.263 e. The number of halogens is 2. The van der Waals surface area contributed by atoms with Crippen molar-refractivity contribution in [3.05, 3.63) is 35.7 Å². The van der Waals surface area contributed by atoms with Crippen molar-refractivity contribution in [2.24, 2.45) is 5.73 Å². The van der Waals surface area contributed by atoms with Gasteiger partial charge in [0.05, 0.1) is 18.8 Å². The van der Waals surface area contributed by atoms with E-state index in [1.54, 1.807) is 0 Å². The van der Waals surface area contributed by atoms with E-state index in [0.29, 0.717) is 0 Å². The van der Waals surface area contributed by atoms with E-state index in [1.165, 1.54) is 12.5 Å². The first-order chi connectivity index (χ1) is 10.1. The summed E-state index contributed by atoms with van der Waals surface area (Å²) >= 11 is 0. The Morgan fingerprint density at radius 2 is 2.05 bits per heavy atom. The van der Waals surface area contributed by atoms with Gasteiger partial charge < -0.3 is 15.0 Å². The van der Waals surface area contributed by atoms with E-state index in [9.17, 15) is 8.78 Å². The molecule has 1 aliphatic carbocycles. The van der Waals surface area contributed by atoms with E-state index in [-0.39, 0.29) is 30.0 Å². The molecule has 1 aliphatic rings. The van der Waals surface area contributed by atoms with Gasteiger partial charge in [0.15, 0.2) is 5.82 Å². The standard InChI is InChI=1S/C14H15F2N3O2/c15-9-5-2-6-10(16)12(9)14-18-13(19-21-14)11(17)7-20-8-3-1-4-8/h2,5-6,8,11H,1,3-4,7,17H2. The van der Waals surface area contributed by atoms with Crippen molar-refractivity contribution in [3.63, 3.8) is 0 Å². The van der Waals surface area contributed by atoms with Crippen molar-refractivity contribution in [2.75, 3.05) is 6.61 Å². The highest BCUT2D eigenvalue weighted by atomic mass is 19.1. The van der Waals surface area contributed by atoms with E-state index in [2.05, 4.69) is 10.1 Å². The molecule has 3 rings (SSSR count). The number of ether oxygens (including phenoxy) is 1. The molecule has 0 spiro atoms. The minimum Gasteiger partial charge on any atom is -0.376 e. The third-order valence-corrected chi connectivity index (χ3v) is 3.51. The quantitative estimate of drug-likeness (QED) is 0.917. The molecule has 0 aliphatic heterocycles. The number of aromatic nitrogens is 2. The Morgan fingerprint density at radius 1 is 1.33 bits per heavy atom. The highest BCUT2D eigenvalue weighted by Crippen LogP contribution is 2.26. The van der Waals surface area contributed by atoms with E-state index in [0.717, 1.165) is 25.0 Å². The summed E-state index contributed by atoms with van der Waals surface area (Å²) in [7, 11) is 0. The van der Waals surface area contributed by atoms with Gasteiger partial charge in [-0.2, -0.15) is 4.98 Å². The molecule has 1 aromatic carbocycles. The van der Waals surface area contributed by atoms with Crippen molar-refractivity contribution in [1.82, 2.24) is 10.1 Å². The van der Waals surface area contributed by atoms with E-state index >= 15 is 0 Å². The van der Waals surface area contributed by atoms with Crippen LogP contribution < -0.4 is 5.73 Å². The molecule has 0 bridgehead atoms. The SMILES string of the molecule is NC(COC1CCC1)c1noc(-c2c(F)cccc2F)n1. The Balaban J connectivity index is 1.73. The molecule has 1 atom stereocenters. The van der Waals surface area contributed by atoms with Gasteiger partial charge in [0.25, 0.3) is 5.89 Å². The molecule has 0 radical (unpaired) electrons. The van der Waals surface area contributed by atoms with Gasteiger partial charge in [0.1, 0.15) is 17.2 Å². The van der Waals surface area contributed by atoms with Crippen LogP contribution in [0.3, 0.4) is 0 Å². The number of nitrogens with zero attached hydrogens (tertiary/aromatic N) is 2. The van der Waals surface area contributed by atoms with E-state index < -0.39 is 17.7 Å². The van der Waals surface area contributed by atoms with Crippen LogP contribution >= 0.6 is 0 Å². The second-order valence-corrected chi connectivity index (χ2v) is 5.05. The molecule has 0 amide bonds. The molecular weight excluding hydrogens is 280 g/mol. The first-order valence-corrected chi connectivity index (χ1v) is 6.80. The maximum absolute atomic E-state index is 13.6. The highest BCUT2D eigenvalue weighted by Gasteiger charge is 2.23. The van der Waals surface area contributed by atoms with Crippen LogP contribution in [0.2, 0.25) is 0 Å². The summed E-state index contributed by atoms with van der Waals surface area (Å²) in [5, 5.41) is 3.67. The minimum absolute atomic E-state index is 0.173. The third-order valence-electron chi connectivity index (χ3n) is 3.51. The Bertz CT molecular complexity index is 608. The lowest BCUT2D eigenvalue weighted by Gasteiger charge is -2.26. The Kier molecular flexibility index (Phi) is 3.94. The van der Waals surface area contributed by atoms with Crippen LogP contribution in [0, 0.1) is 11.6 Å². The van der Waals surface area contributed by atoms with Crippen LogP contribution in [-0.4, -0.2) is 22.9 Å². The van der Waals surface area contributed by atoms with Gasteiger partial charge in [-0.05, 0) is 31.4 Å². The molecule has 1 saturated carbocycles. The highest BCUT2D eigenvalue weighted by molar-refractivity contribution is 5.54. The molecule has 112 valence electrons. The molecule has 1 unspecified atom stereocenters. The average molecular weight is 295 g/mol. The summed E-state index contributed by atoms with van der Waals surface area (Å²) in [5.74, 6) is -1.57. The molecule has 1 heterocycles. The van der Waals surface area contributed by atoms with Crippen molar-refractivity contribution < 1.29 is 18.0 Å². The molecule has 5 nitrogen and oxygen atoms in total. The lowest BCUT2D eigenvalue weighted by molar-refractivity contribution is -0.00549. The predicted octanol–water partition coefficient (Wildman–Crippen LogP) is 2.58.